The Labute approximate surface area is 113 Å². The quantitative estimate of drug-likeness (QED) is 0.515. The Balaban J connectivity index is 2.01. The Morgan fingerprint density at radius 2 is 2.26 bits per heavy atom. The number of nitrogen functional groups attached to an aromatic ring is 1. The molecular formula is C14H21N3O2. The van der Waals surface area contributed by atoms with Crippen LogP contribution >= 0.6 is 0 Å². The summed E-state index contributed by atoms with van der Waals surface area (Å²) in [6, 6.07) is 5.03. The molecule has 5 nitrogen and oxygen atoms in total. The highest BCUT2D eigenvalue weighted by molar-refractivity contribution is 5.59. The maximum Gasteiger partial charge on any atom is 0.292 e. The van der Waals surface area contributed by atoms with Gasteiger partial charge in [0.1, 0.15) is 5.69 Å². The van der Waals surface area contributed by atoms with Crippen LogP contribution in [0.3, 0.4) is 0 Å². The molecule has 1 atom stereocenters. The summed E-state index contributed by atoms with van der Waals surface area (Å²) >= 11 is 0. The van der Waals surface area contributed by atoms with Gasteiger partial charge in [-0.3, -0.25) is 15.0 Å². The SMILES string of the molecule is CC(C)C1CCN(Cc2ccc([N+](=O)[O-])c(N)c2)C1. The summed E-state index contributed by atoms with van der Waals surface area (Å²) < 4.78 is 0. The van der Waals surface area contributed by atoms with Crippen molar-refractivity contribution in [3.05, 3.63) is 33.9 Å². The molecule has 0 spiro atoms. The van der Waals surface area contributed by atoms with Gasteiger partial charge in [0, 0.05) is 19.2 Å². The largest absolute Gasteiger partial charge is 0.393 e. The van der Waals surface area contributed by atoms with Gasteiger partial charge in [0.15, 0.2) is 0 Å². The minimum Gasteiger partial charge on any atom is -0.393 e. The topological polar surface area (TPSA) is 72.4 Å². The average molecular weight is 263 g/mol. The van der Waals surface area contributed by atoms with Crippen molar-refractivity contribution in [3.8, 4) is 0 Å². The number of rotatable bonds is 4. The summed E-state index contributed by atoms with van der Waals surface area (Å²) in [5, 5.41) is 10.7. The monoisotopic (exact) mass is 263 g/mol. The third-order valence-corrected chi connectivity index (χ3v) is 3.95. The van der Waals surface area contributed by atoms with Gasteiger partial charge in [0.25, 0.3) is 5.69 Å². The van der Waals surface area contributed by atoms with Crippen molar-refractivity contribution in [1.82, 2.24) is 4.90 Å². The predicted octanol–water partition coefficient (Wildman–Crippen LogP) is 2.65. The van der Waals surface area contributed by atoms with Crippen LogP contribution in [0.5, 0.6) is 0 Å². The molecule has 1 aromatic rings. The summed E-state index contributed by atoms with van der Waals surface area (Å²) in [6.45, 7) is 7.55. The summed E-state index contributed by atoms with van der Waals surface area (Å²) in [6.07, 6.45) is 1.24. The van der Waals surface area contributed by atoms with Crippen molar-refractivity contribution >= 4 is 11.4 Å². The molecule has 1 fully saturated rings. The van der Waals surface area contributed by atoms with Crippen LogP contribution in [-0.4, -0.2) is 22.9 Å². The lowest BCUT2D eigenvalue weighted by atomic mass is 9.95. The maximum absolute atomic E-state index is 10.7. The first-order chi connectivity index (χ1) is 8.97. The zero-order chi connectivity index (χ0) is 14.0. The van der Waals surface area contributed by atoms with Crippen molar-refractivity contribution in [2.24, 2.45) is 11.8 Å². The van der Waals surface area contributed by atoms with Crippen molar-refractivity contribution in [1.29, 1.82) is 0 Å². The van der Waals surface area contributed by atoms with E-state index in [1.165, 1.54) is 12.5 Å². The lowest BCUT2D eigenvalue weighted by Gasteiger charge is -2.18. The number of nitro groups is 1. The fourth-order valence-electron chi connectivity index (χ4n) is 2.68. The van der Waals surface area contributed by atoms with E-state index in [0.717, 1.165) is 31.1 Å². The second-order valence-electron chi connectivity index (χ2n) is 5.68. The average Bonchev–Trinajstić information content (AvgIpc) is 2.77. The molecule has 2 N–H and O–H groups in total. The Hall–Kier alpha value is -1.62. The Morgan fingerprint density at radius 3 is 2.79 bits per heavy atom. The highest BCUT2D eigenvalue weighted by Crippen LogP contribution is 2.27. The van der Waals surface area contributed by atoms with Crippen LogP contribution in [-0.2, 0) is 6.54 Å². The van der Waals surface area contributed by atoms with Gasteiger partial charge in [-0.2, -0.15) is 0 Å². The maximum atomic E-state index is 10.7. The zero-order valence-electron chi connectivity index (χ0n) is 11.5. The van der Waals surface area contributed by atoms with Crippen LogP contribution in [0.1, 0.15) is 25.8 Å². The number of benzene rings is 1. The van der Waals surface area contributed by atoms with E-state index in [0.29, 0.717) is 5.92 Å². The molecule has 0 aliphatic carbocycles. The second-order valence-corrected chi connectivity index (χ2v) is 5.68. The van der Waals surface area contributed by atoms with E-state index in [1.807, 2.05) is 0 Å². The molecule has 0 aromatic heterocycles. The number of hydrogen-bond donors (Lipinski definition) is 1. The van der Waals surface area contributed by atoms with E-state index < -0.39 is 4.92 Å². The molecule has 2 rings (SSSR count). The molecule has 1 aromatic carbocycles. The standard InChI is InChI=1S/C14H21N3O2/c1-10(2)12-5-6-16(9-12)8-11-3-4-14(17(18)19)13(15)7-11/h3-4,7,10,12H,5-6,8-9,15H2,1-2H3. The van der Waals surface area contributed by atoms with E-state index in [2.05, 4.69) is 18.7 Å². The third-order valence-electron chi connectivity index (χ3n) is 3.95. The lowest BCUT2D eigenvalue weighted by Crippen LogP contribution is -2.21. The Kier molecular flexibility index (Phi) is 4.04. The molecule has 1 aliphatic heterocycles. The molecule has 1 heterocycles. The van der Waals surface area contributed by atoms with Crippen LogP contribution in [0.25, 0.3) is 0 Å². The molecule has 1 saturated heterocycles. The second kappa shape index (κ2) is 5.57. The number of hydrogen-bond acceptors (Lipinski definition) is 4. The van der Waals surface area contributed by atoms with Gasteiger partial charge in [0.2, 0.25) is 0 Å². The van der Waals surface area contributed by atoms with Crippen LogP contribution in [0, 0.1) is 22.0 Å². The number of likely N-dealkylation sites (tertiary alicyclic amines) is 1. The number of anilines is 1. The van der Waals surface area contributed by atoms with E-state index in [9.17, 15) is 10.1 Å². The highest BCUT2D eigenvalue weighted by atomic mass is 16.6. The van der Waals surface area contributed by atoms with Gasteiger partial charge in [-0.1, -0.05) is 19.9 Å². The molecule has 0 radical (unpaired) electrons. The molecule has 1 unspecified atom stereocenters. The minimum absolute atomic E-state index is 0.00905. The van der Waals surface area contributed by atoms with Gasteiger partial charge in [0.05, 0.1) is 4.92 Å². The van der Waals surface area contributed by atoms with E-state index in [1.54, 1.807) is 12.1 Å². The van der Waals surface area contributed by atoms with Gasteiger partial charge < -0.3 is 5.73 Å². The summed E-state index contributed by atoms with van der Waals surface area (Å²) in [5.41, 5.74) is 7.00. The lowest BCUT2D eigenvalue weighted by molar-refractivity contribution is -0.383. The fourth-order valence-corrected chi connectivity index (χ4v) is 2.68. The first kappa shape index (κ1) is 13.8. The molecule has 19 heavy (non-hydrogen) atoms. The molecular weight excluding hydrogens is 242 g/mol. The highest BCUT2D eigenvalue weighted by Gasteiger charge is 2.24. The zero-order valence-corrected chi connectivity index (χ0v) is 11.5. The fraction of sp³-hybridized carbons (Fsp3) is 0.571. The molecule has 1 aliphatic rings. The van der Waals surface area contributed by atoms with Gasteiger partial charge >= 0.3 is 0 Å². The first-order valence-corrected chi connectivity index (χ1v) is 6.72. The molecule has 104 valence electrons. The summed E-state index contributed by atoms with van der Waals surface area (Å²) in [5.74, 6) is 1.47. The minimum atomic E-state index is -0.441. The van der Waals surface area contributed by atoms with Crippen molar-refractivity contribution in [3.63, 3.8) is 0 Å². The normalized spacial score (nSPS) is 20.1. The van der Waals surface area contributed by atoms with E-state index in [-0.39, 0.29) is 11.4 Å². The van der Waals surface area contributed by atoms with Gasteiger partial charge in [-0.25, -0.2) is 0 Å². The van der Waals surface area contributed by atoms with E-state index in [4.69, 9.17) is 5.73 Å². The number of nitrogens with two attached hydrogens (primary N) is 1. The van der Waals surface area contributed by atoms with Gasteiger partial charge in [-0.05, 0) is 36.4 Å². The van der Waals surface area contributed by atoms with Gasteiger partial charge in [-0.15, -0.1) is 0 Å². The predicted molar refractivity (Wildman–Crippen MR) is 75.7 cm³/mol. The molecule has 0 amide bonds. The molecule has 5 heteroatoms. The summed E-state index contributed by atoms with van der Waals surface area (Å²) in [4.78, 5) is 12.7. The number of nitro benzene ring substituents is 1. The van der Waals surface area contributed by atoms with Crippen LogP contribution in [0.2, 0.25) is 0 Å². The Morgan fingerprint density at radius 1 is 1.53 bits per heavy atom. The van der Waals surface area contributed by atoms with Crippen LogP contribution in [0.15, 0.2) is 18.2 Å². The van der Waals surface area contributed by atoms with Crippen LogP contribution in [0.4, 0.5) is 11.4 Å². The summed E-state index contributed by atoms with van der Waals surface area (Å²) in [7, 11) is 0. The molecule has 0 saturated carbocycles. The third kappa shape index (κ3) is 3.23. The molecule has 0 bridgehead atoms. The Bertz CT molecular complexity index is 474. The van der Waals surface area contributed by atoms with Crippen molar-refractivity contribution < 1.29 is 4.92 Å². The van der Waals surface area contributed by atoms with Crippen LogP contribution < -0.4 is 5.73 Å². The smallest absolute Gasteiger partial charge is 0.292 e. The first-order valence-electron chi connectivity index (χ1n) is 6.72. The van der Waals surface area contributed by atoms with Crippen molar-refractivity contribution in [2.45, 2.75) is 26.8 Å². The van der Waals surface area contributed by atoms with Crippen molar-refractivity contribution in [2.75, 3.05) is 18.8 Å². The number of nitrogens with zero attached hydrogens (tertiary/aromatic N) is 2. The van der Waals surface area contributed by atoms with E-state index >= 15 is 0 Å².